The SMILES string of the molecule is Cc1c(Cl)ccc2sc(N(Cc3ccccn3)C(=O)C3c4ccccc4Oc4ccccc43)nc12. The molecule has 0 N–H and O–H groups in total. The Hall–Kier alpha value is -3.74. The summed E-state index contributed by atoms with van der Waals surface area (Å²) in [5, 5.41) is 1.27. The van der Waals surface area contributed by atoms with E-state index in [0.717, 1.165) is 32.6 Å². The highest BCUT2D eigenvalue weighted by Crippen LogP contribution is 2.46. The first kappa shape index (κ1) is 21.8. The second-order valence-corrected chi connectivity index (χ2v) is 9.79. The fraction of sp³-hybridized carbons (Fsp3) is 0.107. The molecule has 0 unspecified atom stereocenters. The zero-order valence-corrected chi connectivity index (χ0v) is 20.4. The van der Waals surface area contributed by atoms with Gasteiger partial charge in [-0.05, 0) is 48.9 Å². The van der Waals surface area contributed by atoms with Gasteiger partial charge in [-0.3, -0.25) is 14.7 Å². The average Bonchev–Trinajstić information content (AvgIpc) is 3.33. The third-order valence-electron chi connectivity index (χ3n) is 6.21. The molecule has 0 atom stereocenters. The van der Waals surface area contributed by atoms with E-state index < -0.39 is 5.92 Å². The molecule has 1 aliphatic rings. The van der Waals surface area contributed by atoms with Crippen molar-refractivity contribution in [2.24, 2.45) is 0 Å². The van der Waals surface area contributed by atoms with Gasteiger partial charge in [-0.15, -0.1) is 0 Å². The number of amides is 1. The Kier molecular flexibility index (Phi) is 5.47. The number of rotatable bonds is 4. The first-order valence-electron chi connectivity index (χ1n) is 11.2. The predicted molar refractivity (Wildman–Crippen MR) is 140 cm³/mol. The summed E-state index contributed by atoms with van der Waals surface area (Å²) in [4.78, 5) is 25.5. The van der Waals surface area contributed by atoms with Crippen molar-refractivity contribution in [2.75, 3.05) is 4.90 Å². The van der Waals surface area contributed by atoms with Gasteiger partial charge in [-0.2, -0.15) is 0 Å². The van der Waals surface area contributed by atoms with Crippen LogP contribution >= 0.6 is 22.9 Å². The molecule has 6 rings (SSSR count). The van der Waals surface area contributed by atoms with Crippen LogP contribution in [0.15, 0.2) is 85.1 Å². The molecule has 0 aliphatic carbocycles. The molecule has 0 saturated carbocycles. The summed E-state index contributed by atoms with van der Waals surface area (Å²) in [5.74, 6) is 0.766. The molecule has 0 saturated heterocycles. The van der Waals surface area contributed by atoms with Gasteiger partial charge in [0.2, 0.25) is 5.91 Å². The molecule has 7 heteroatoms. The normalized spacial score (nSPS) is 12.6. The van der Waals surface area contributed by atoms with Crippen molar-refractivity contribution >= 4 is 44.2 Å². The van der Waals surface area contributed by atoms with Crippen LogP contribution in [0.1, 0.15) is 28.3 Å². The van der Waals surface area contributed by atoms with E-state index in [9.17, 15) is 4.79 Å². The van der Waals surface area contributed by atoms with E-state index in [1.54, 1.807) is 11.1 Å². The number of hydrogen-bond acceptors (Lipinski definition) is 5. The molecule has 3 aromatic carbocycles. The molecule has 2 aromatic heterocycles. The van der Waals surface area contributed by atoms with Gasteiger partial charge in [0.25, 0.3) is 0 Å². The van der Waals surface area contributed by atoms with Crippen LogP contribution in [-0.4, -0.2) is 15.9 Å². The number of benzene rings is 3. The number of aromatic nitrogens is 2. The topological polar surface area (TPSA) is 55.3 Å². The minimum Gasteiger partial charge on any atom is -0.457 e. The van der Waals surface area contributed by atoms with Crippen molar-refractivity contribution < 1.29 is 9.53 Å². The first-order chi connectivity index (χ1) is 17.1. The Bertz CT molecular complexity index is 1520. The molecule has 1 aliphatic heterocycles. The maximum atomic E-state index is 14.4. The second-order valence-electron chi connectivity index (χ2n) is 8.37. The van der Waals surface area contributed by atoms with Crippen molar-refractivity contribution in [1.82, 2.24) is 9.97 Å². The lowest BCUT2D eigenvalue weighted by atomic mass is 9.87. The van der Waals surface area contributed by atoms with Crippen molar-refractivity contribution in [2.45, 2.75) is 19.4 Å². The van der Waals surface area contributed by atoms with Crippen LogP contribution in [0.2, 0.25) is 5.02 Å². The highest BCUT2D eigenvalue weighted by Gasteiger charge is 2.36. The third kappa shape index (κ3) is 3.85. The maximum absolute atomic E-state index is 14.4. The summed E-state index contributed by atoms with van der Waals surface area (Å²) < 4.78 is 7.11. The van der Waals surface area contributed by atoms with Crippen LogP contribution in [0.3, 0.4) is 0 Å². The van der Waals surface area contributed by atoms with Crippen molar-refractivity contribution in [1.29, 1.82) is 0 Å². The second kappa shape index (κ2) is 8.80. The summed E-state index contributed by atoms with van der Waals surface area (Å²) in [5.41, 5.74) is 4.16. The first-order valence-corrected chi connectivity index (χ1v) is 12.4. The van der Waals surface area contributed by atoms with Crippen LogP contribution < -0.4 is 9.64 Å². The van der Waals surface area contributed by atoms with Crippen LogP contribution in [0.25, 0.3) is 10.2 Å². The Labute approximate surface area is 211 Å². The van der Waals surface area contributed by atoms with Crippen LogP contribution in [0.5, 0.6) is 11.5 Å². The fourth-order valence-electron chi connectivity index (χ4n) is 4.43. The number of aryl methyl sites for hydroxylation is 1. The van der Waals surface area contributed by atoms with E-state index in [4.69, 9.17) is 21.3 Å². The Balaban J connectivity index is 1.51. The molecular weight excluding hydrogens is 478 g/mol. The van der Waals surface area contributed by atoms with Crippen molar-refractivity contribution in [3.63, 3.8) is 0 Å². The highest BCUT2D eigenvalue weighted by atomic mass is 35.5. The number of anilines is 1. The number of ether oxygens (including phenoxy) is 1. The largest absolute Gasteiger partial charge is 0.457 e. The number of para-hydroxylation sites is 2. The van der Waals surface area contributed by atoms with Gasteiger partial charge < -0.3 is 4.74 Å². The van der Waals surface area contributed by atoms with E-state index in [1.807, 2.05) is 85.8 Å². The van der Waals surface area contributed by atoms with E-state index >= 15 is 0 Å². The molecule has 0 spiro atoms. The lowest BCUT2D eigenvalue weighted by molar-refractivity contribution is -0.119. The van der Waals surface area contributed by atoms with Crippen LogP contribution in [0.4, 0.5) is 5.13 Å². The van der Waals surface area contributed by atoms with Crippen molar-refractivity contribution in [3.8, 4) is 11.5 Å². The summed E-state index contributed by atoms with van der Waals surface area (Å²) in [6.07, 6.45) is 1.74. The monoisotopic (exact) mass is 497 g/mol. The fourth-order valence-corrected chi connectivity index (χ4v) is 5.61. The molecule has 5 aromatic rings. The predicted octanol–water partition coefficient (Wildman–Crippen LogP) is 7.12. The van der Waals surface area contributed by atoms with Gasteiger partial charge in [-0.25, -0.2) is 4.98 Å². The summed E-state index contributed by atoms with van der Waals surface area (Å²) in [6.45, 7) is 2.25. The number of nitrogens with zero attached hydrogens (tertiary/aromatic N) is 3. The molecule has 0 fully saturated rings. The van der Waals surface area contributed by atoms with Gasteiger partial charge >= 0.3 is 0 Å². The number of hydrogen-bond donors (Lipinski definition) is 0. The summed E-state index contributed by atoms with van der Waals surface area (Å²) in [7, 11) is 0. The molecule has 1 amide bonds. The number of carbonyl (C=O) groups excluding carboxylic acids is 1. The molecule has 5 nitrogen and oxygen atoms in total. The Morgan fingerprint density at radius 1 is 0.971 bits per heavy atom. The standard InChI is InChI=1S/C28H20ClN3O2S/c1-17-21(29)13-14-24-26(17)31-28(35-24)32(16-18-8-6-7-15-30-18)27(33)25-19-9-2-4-11-22(19)34-23-12-5-3-10-20(23)25/h2-15,25H,16H2,1H3. The zero-order valence-electron chi connectivity index (χ0n) is 18.8. The minimum atomic E-state index is -0.531. The lowest BCUT2D eigenvalue weighted by Gasteiger charge is -2.31. The molecule has 0 bridgehead atoms. The summed E-state index contributed by atoms with van der Waals surface area (Å²) in [6, 6.07) is 24.9. The number of halogens is 1. The van der Waals surface area contributed by atoms with E-state index in [2.05, 4.69) is 4.98 Å². The van der Waals surface area contributed by atoms with Gasteiger partial charge in [0.05, 0.1) is 28.4 Å². The smallest absolute Gasteiger partial charge is 0.241 e. The van der Waals surface area contributed by atoms with Gasteiger partial charge in [0, 0.05) is 22.3 Å². The van der Waals surface area contributed by atoms with Crippen LogP contribution in [0, 0.1) is 6.92 Å². The molecule has 3 heterocycles. The number of thiazole rings is 1. The Morgan fingerprint density at radius 3 is 2.34 bits per heavy atom. The molecule has 0 radical (unpaired) electrons. The average molecular weight is 498 g/mol. The van der Waals surface area contributed by atoms with Gasteiger partial charge in [0.1, 0.15) is 11.5 Å². The van der Waals surface area contributed by atoms with Gasteiger partial charge in [0.15, 0.2) is 5.13 Å². The third-order valence-corrected chi connectivity index (χ3v) is 7.66. The minimum absolute atomic E-state index is 0.0818. The van der Waals surface area contributed by atoms with E-state index in [0.29, 0.717) is 28.2 Å². The maximum Gasteiger partial charge on any atom is 0.241 e. The number of carbonyl (C=O) groups is 1. The molecule has 172 valence electrons. The van der Waals surface area contributed by atoms with Crippen molar-refractivity contribution in [3.05, 3.63) is 112 Å². The van der Waals surface area contributed by atoms with E-state index in [-0.39, 0.29) is 5.91 Å². The Morgan fingerprint density at radius 2 is 1.66 bits per heavy atom. The number of pyridine rings is 1. The zero-order chi connectivity index (χ0) is 23.9. The molecular formula is C28H20ClN3O2S. The number of fused-ring (bicyclic) bond motifs is 3. The van der Waals surface area contributed by atoms with Gasteiger partial charge in [-0.1, -0.05) is 65.4 Å². The lowest BCUT2D eigenvalue weighted by Crippen LogP contribution is -2.36. The van der Waals surface area contributed by atoms with Crippen LogP contribution in [-0.2, 0) is 11.3 Å². The quantitative estimate of drug-likeness (QED) is 0.265. The molecule has 35 heavy (non-hydrogen) atoms. The van der Waals surface area contributed by atoms with E-state index in [1.165, 1.54) is 11.3 Å². The summed E-state index contributed by atoms with van der Waals surface area (Å²) >= 11 is 7.84. The highest BCUT2D eigenvalue weighted by molar-refractivity contribution is 7.22.